The van der Waals surface area contributed by atoms with Gasteiger partial charge in [0.2, 0.25) is 0 Å². The molecule has 1 N–H and O–H groups in total. The first-order valence-corrected chi connectivity index (χ1v) is 10.7. The van der Waals surface area contributed by atoms with Crippen molar-refractivity contribution in [1.82, 2.24) is 0 Å². The Labute approximate surface area is 141 Å². The van der Waals surface area contributed by atoms with Gasteiger partial charge in [-0.25, -0.2) is 4.79 Å². The van der Waals surface area contributed by atoms with Crippen LogP contribution in [0.2, 0.25) is 11.1 Å². The lowest BCUT2D eigenvalue weighted by Gasteiger charge is -2.33. The highest BCUT2D eigenvalue weighted by Crippen LogP contribution is 2.33. The molecule has 0 spiro atoms. The Balaban J connectivity index is 3.14. The van der Waals surface area contributed by atoms with Crippen molar-refractivity contribution in [3.63, 3.8) is 0 Å². The van der Waals surface area contributed by atoms with Crippen molar-refractivity contribution in [2.24, 2.45) is 0 Å². The number of carbonyl (C=O) groups excluding carboxylic acids is 1. The lowest BCUT2D eigenvalue weighted by atomic mass is 10.1. The first-order chi connectivity index (χ1) is 10.7. The van der Waals surface area contributed by atoms with Crippen molar-refractivity contribution >= 4 is 20.4 Å². The molecule has 0 saturated carbocycles. The Bertz CT molecular complexity index is 554. The molecule has 0 bridgehead atoms. The second-order valence-electron chi connectivity index (χ2n) is 6.77. The monoisotopic (exact) mass is 334 g/mol. The number of aryl methyl sites for hydroxylation is 1. The summed E-state index contributed by atoms with van der Waals surface area (Å²) in [6.07, 6.45) is 3.27. The maximum Gasteiger partial charge on any atom is 0.330 e. The summed E-state index contributed by atoms with van der Waals surface area (Å²) in [7, 11) is -2.42. The van der Waals surface area contributed by atoms with Gasteiger partial charge in [0.15, 0.2) is 8.32 Å². The molecular formula is C19H30O3Si. The van der Waals surface area contributed by atoms with Crippen LogP contribution in [0.3, 0.4) is 0 Å². The minimum atomic E-state index is -2.42. The van der Waals surface area contributed by atoms with Gasteiger partial charge in [-0.1, -0.05) is 51.5 Å². The van der Waals surface area contributed by atoms with Gasteiger partial charge in [-0.05, 0) is 48.2 Å². The van der Waals surface area contributed by atoms with E-state index in [4.69, 9.17) is 4.74 Å². The molecule has 0 unspecified atom stereocenters. The highest BCUT2D eigenvalue weighted by molar-refractivity contribution is 6.74. The number of rotatable bonds is 7. The fraction of sp³-hybridized carbons (Fsp3) is 0.526. The normalized spacial score (nSPS) is 12.4. The molecule has 4 heteroatoms. The number of hydrogen-bond acceptors (Lipinski definition) is 3. The Kier molecular flexibility index (Phi) is 7.23. The van der Waals surface area contributed by atoms with Crippen molar-refractivity contribution < 1.29 is 14.3 Å². The van der Waals surface area contributed by atoms with E-state index in [9.17, 15) is 9.59 Å². The quantitative estimate of drug-likeness (QED) is 0.456. The third-order valence-corrected chi connectivity index (χ3v) is 9.41. The Morgan fingerprint density at radius 3 is 2.39 bits per heavy atom. The van der Waals surface area contributed by atoms with Crippen LogP contribution in [0, 0.1) is 6.92 Å². The average Bonchev–Trinajstić information content (AvgIpc) is 2.47. The minimum absolute atomic E-state index is 0.283. The molecule has 1 aromatic rings. The van der Waals surface area contributed by atoms with Crippen LogP contribution in [0.4, 0.5) is 0 Å². The van der Waals surface area contributed by atoms with Crippen molar-refractivity contribution in [1.29, 1.82) is 0 Å². The van der Waals surface area contributed by atoms with Crippen LogP contribution in [-0.2, 0) is 15.6 Å². The largest absolute Gasteiger partial charge is 0.463 e. The van der Waals surface area contributed by atoms with Gasteiger partial charge in [-0.2, -0.15) is 0 Å². The summed E-state index contributed by atoms with van der Waals surface area (Å²) in [5.41, 5.74) is 3.80. The molecule has 0 aliphatic carbocycles. The first kappa shape index (κ1) is 19.7. The SMILES string of the molecule is CCOC(=O)/C=C/c1cc(C)ccc1C[Si](O)(C(C)C)C(C)C. The summed E-state index contributed by atoms with van der Waals surface area (Å²) in [6, 6.07) is 6.89. The smallest absolute Gasteiger partial charge is 0.330 e. The van der Waals surface area contributed by atoms with Gasteiger partial charge in [-0.3, -0.25) is 0 Å². The molecule has 0 aliphatic rings. The van der Waals surface area contributed by atoms with Crippen LogP contribution in [-0.4, -0.2) is 25.7 Å². The standard InChI is InChI=1S/C19H30O3Si/c1-7-22-19(20)11-10-17-12-16(6)8-9-18(17)13-23(21,14(2)3)15(4)5/h8-12,14-15,21H,7,13H2,1-6H3/b11-10+. The van der Waals surface area contributed by atoms with Crippen LogP contribution in [0.25, 0.3) is 6.08 Å². The van der Waals surface area contributed by atoms with Crippen LogP contribution >= 0.6 is 0 Å². The van der Waals surface area contributed by atoms with Crippen LogP contribution in [0.15, 0.2) is 24.3 Å². The van der Waals surface area contributed by atoms with Crippen LogP contribution < -0.4 is 0 Å². The van der Waals surface area contributed by atoms with E-state index in [1.807, 2.05) is 6.92 Å². The third-order valence-electron chi connectivity index (χ3n) is 4.46. The van der Waals surface area contributed by atoms with Gasteiger partial charge >= 0.3 is 5.97 Å². The minimum Gasteiger partial charge on any atom is -0.463 e. The van der Waals surface area contributed by atoms with Crippen molar-refractivity contribution in [2.45, 2.75) is 58.7 Å². The highest BCUT2D eigenvalue weighted by Gasteiger charge is 2.38. The molecule has 0 atom stereocenters. The van der Waals surface area contributed by atoms with Gasteiger partial charge < -0.3 is 9.53 Å². The van der Waals surface area contributed by atoms with Crippen molar-refractivity contribution in [3.05, 3.63) is 41.0 Å². The van der Waals surface area contributed by atoms with Crippen LogP contribution in [0.1, 0.15) is 51.3 Å². The molecule has 0 radical (unpaired) electrons. The number of esters is 1. The van der Waals surface area contributed by atoms with E-state index < -0.39 is 8.32 Å². The van der Waals surface area contributed by atoms with E-state index in [0.717, 1.165) is 16.7 Å². The van der Waals surface area contributed by atoms with Gasteiger partial charge in [-0.15, -0.1) is 0 Å². The van der Waals surface area contributed by atoms with Gasteiger partial charge in [0.25, 0.3) is 0 Å². The van der Waals surface area contributed by atoms with Crippen molar-refractivity contribution in [3.8, 4) is 0 Å². The van der Waals surface area contributed by atoms with Gasteiger partial charge in [0.05, 0.1) is 6.61 Å². The Morgan fingerprint density at radius 1 is 1.26 bits per heavy atom. The van der Waals surface area contributed by atoms with E-state index in [2.05, 4.69) is 45.9 Å². The van der Waals surface area contributed by atoms with Crippen LogP contribution in [0.5, 0.6) is 0 Å². The molecule has 0 amide bonds. The van der Waals surface area contributed by atoms with Crippen molar-refractivity contribution in [2.75, 3.05) is 6.61 Å². The molecule has 0 fully saturated rings. The molecule has 3 nitrogen and oxygen atoms in total. The number of benzene rings is 1. The second-order valence-corrected chi connectivity index (χ2v) is 11.4. The first-order valence-electron chi connectivity index (χ1n) is 8.37. The predicted octanol–water partition coefficient (Wildman–Crippen LogP) is 4.41. The molecule has 0 heterocycles. The number of ether oxygens (including phenoxy) is 1. The topological polar surface area (TPSA) is 46.5 Å². The third kappa shape index (κ3) is 5.32. The lowest BCUT2D eigenvalue weighted by molar-refractivity contribution is -0.137. The summed E-state index contributed by atoms with van der Waals surface area (Å²) in [4.78, 5) is 22.8. The molecule has 1 rings (SSSR count). The molecule has 128 valence electrons. The fourth-order valence-electron chi connectivity index (χ4n) is 2.76. The maximum absolute atomic E-state index is 11.6. The molecule has 0 saturated heterocycles. The molecule has 1 aromatic carbocycles. The Hall–Kier alpha value is -1.39. The van der Waals surface area contributed by atoms with E-state index in [0.29, 0.717) is 12.7 Å². The Morgan fingerprint density at radius 2 is 1.87 bits per heavy atom. The van der Waals surface area contributed by atoms with E-state index in [1.165, 1.54) is 6.08 Å². The fourth-order valence-corrected chi connectivity index (χ4v) is 5.84. The van der Waals surface area contributed by atoms with E-state index in [-0.39, 0.29) is 17.1 Å². The highest BCUT2D eigenvalue weighted by atomic mass is 28.4. The number of hydrogen-bond donors (Lipinski definition) is 1. The zero-order valence-corrected chi connectivity index (χ0v) is 16.2. The lowest BCUT2D eigenvalue weighted by Crippen LogP contribution is -2.44. The van der Waals surface area contributed by atoms with Gasteiger partial charge in [0.1, 0.15) is 0 Å². The predicted molar refractivity (Wildman–Crippen MR) is 98.7 cm³/mol. The molecule has 0 aromatic heterocycles. The second kappa shape index (κ2) is 8.46. The summed E-state index contributed by atoms with van der Waals surface area (Å²) >= 11 is 0. The zero-order chi connectivity index (χ0) is 17.6. The summed E-state index contributed by atoms with van der Waals surface area (Å²) in [5.74, 6) is -0.333. The maximum atomic E-state index is 11.6. The zero-order valence-electron chi connectivity index (χ0n) is 15.2. The summed E-state index contributed by atoms with van der Waals surface area (Å²) < 4.78 is 4.94. The van der Waals surface area contributed by atoms with E-state index >= 15 is 0 Å². The van der Waals surface area contributed by atoms with Gasteiger partial charge in [0, 0.05) is 6.08 Å². The molecule has 23 heavy (non-hydrogen) atoms. The molecular weight excluding hydrogens is 304 g/mol. The summed E-state index contributed by atoms with van der Waals surface area (Å²) in [6.45, 7) is 12.6. The molecule has 0 aliphatic heterocycles. The average molecular weight is 335 g/mol. The summed E-state index contributed by atoms with van der Waals surface area (Å²) in [5, 5.41) is 0. The van der Waals surface area contributed by atoms with E-state index in [1.54, 1.807) is 13.0 Å². The number of carbonyl (C=O) groups is 1.